The van der Waals surface area contributed by atoms with Crippen molar-refractivity contribution >= 4 is 40.8 Å². The summed E-state index contributed by atoms with van der Waals surface area (Å²) in [6, 6.07) is 12.2. The van der Waals surface area contributed by atoms with Crippen molar-refractivity contribution in [3.05, 3.63) is 63.6 Å². The molecule has 1 amide bonds. The number of anilines is 1. The standard InChI is InChI=1S/C21H22Cl2N2O3/c1-28-21(27)14-5-2-7-16(11-14)24-20(26)15-6-4-10-25(12-15)13-17-18(22)8-3-9-19(17)23/h2-3,5,7-9,11,15H,4,6,10,12-13H2,1H3,(H,24,26). The minimum Gasteiger partial charge on any atom is -0.465 e. The van der Waals surface area contributed by atoms with Gasteiger partial charge in [-0.1, -0.05) is 35.3 Å². The van der Waals surface area contributed by atoms with E-state index in [1.807, 2.05) is 18.2 Å². The second kappa shape index (κ2) is 9.41. The van der Waals surface area contributed by atoms with Gasteiger partial charge in [0, 0.05) is 34.4 Å². The normalized spacial score (nSPS) is 17.2. The molecule has 0 aliphatic carbocycles. The van der Waals surface area contributed by atoms with Crippen LogP contribution in [0.2, 0.25) is 10.0 Å². The largest absolute Gasteiger partial charge is 0.465 e. The summed E-state index contributed by atoms with van der Waals surface area (Å²) in [6.45, 7) is 2.13. The molecule has 1 saturated heterocycles. The number of carbonyl (C=O) groups is 2. The third kappa shape index (κ3) is 5.04. The number of piperidine rings is 1. The Morgan fingerprint density at radius 2 is 1.89 bits per heavy atom. The Kier molecular flexibility index (Phi) is 6.94. The fourth-order valence-electron chi connectivity index (χ4n) is 3.41. The van der Waals surface area contributed by atoms with Crippen LogP contribution in [0.25, 0.3) is 0 Å². The van der Waals surface area contributed by atoms with Crippen LogP contribution in [0.5, 0.6) is 0 Å². The molecule has 2 aromatic carbocycles. The van der Waals surface area contributed by atoms with E-state index in [-0.39, 0.29) is 11.8 Å². The number of ether oxygens (including phenoxy) is 1. The van der Waals surface area contributed by atoms with E-state index in [1.54, 1.807) is 24.3 Å². The van der Waals surface area contributed by atoms with Crippen LogP contribution >= 0.6 is 23.2 Å². The Morgan fingerprint density at radius 3 is 2.61 bits per heavy atom. The van der Waals surface area contributed by atoms with Crippen LogP contribution in [0.15, 0.2) is 42.5 Å². The van der Waals surface area contributed by atoms with Crippen molar-refractivity contribution in [1.82, 2.24) is 4.90 Å². The zero-order valence-corrected chi connectivity index (χ0v) is 17.1. The first-order valence-corrected chi connectivity index (χ1v) is 9.88. The summed E-state index contributed by atoms with van der Waals surface area (Å²) in [4.78, 5) is 26.6. The van der Waals surface area contributed by atoms with Crippen LogP contribution in [0, 0.1) is 5.92 Å². The van der Waals surface area contributed by atoms with Crippen LogP contribution < -0.4 is 5.32 Å². The molecule has 0 bridgehead atoms. The second-order valence-electron chi connectivity index (χ2n) is 6.84. The van der Waals surface area contributed by atoms with Gasteiger partial charge in [0.1, 0.15) is 0 Å². The highest BCUT2D eigenvalue weighted by Crippen LogP contribution is 2.28. The molecule has 5 nitrogen and oxygen atoms in total. The molecule has 0 aromatic heterocycles. The summed E-state index contributed by atoms with van der Waals surface area (Å²) in [5, 5.41) is 4.19. The molecular weight excluding hydrogens is 399 g/mol. The molecule has 7 heteroatoms. The minimum atomic E-state index is -0.434. The lowest BCUT2D eigenvalue weighted by atomic mass is 9.96. The molecule has 1 aliphatic heterocycles. The van der Waals surface area contributed by atoms with E-state index in [9.17, 15) is 9.59 Å². The quantitative estimate of drug-likeness (QED) is 0.716. The van der Waals surface area contributed by atoms with E-state index < -0.39 is 5.97 Å². The molecule has 1 aliphatic rings. The lowest BCUT2D eigenvalue weighted by Crippen LogP contribution is -2.40. The first-order chi connectivity index (χ1) is 13.5. The van der Waals surface area contributed by atoms with Crippen molar-refractivity contribution in [3.63, 3.8) is 0 Å². The van der Waals surface area contributed by atoms with Gasteiger partial charge in [0.25, 0.3) is 0 Å². The molecule has 1 heterocycles. The molecule has 0 saturated carbocycles. The number of rotatable bonds is 5. The highest BCUT2D eigenvalue weighted by atomic mass is 35.5. The molecule has 1 unspecified atom stereocenters. The third-order valence-corrected chi connectivity index (χ3v) is 5.58. The number of nitrogens with zero attached hydrogens (tertiary/aromatic N) is 1. The number of esters is 1. The summed E-state index contributed by atoms with van der Waals surface area (Å²) < 4.78 is 4.72. The Bertz CT molecular complexity index is 852. The zero-order valence-electron chi connectivity index (χ0n) is 15.6. The predicted octanol–water partition coefficient (Wildman–Crippen LogP) is 4.63. The number of halogens is 2. The molecule has 0 spiro atoms. The van der Waals surface area contributed by atoms with Crippen molar-refractivity contribution in [2.45, 2.75) is 19.4 Å². The van der Waals surface area contributed by atoms with Gasteiger partial charge in [0.2, 0.25) is 5.91 Å². The third-order valence-electron chi connectivity index (χ3n) is 4.87. The summed E-state index contributed by atoms with van der Waals surface area (Å²) in [6.07, 6.45) is 1.73. The molecule has 3 rings (SSSR count). The molecule has 1 atom stereocenters. The van der Waals surface area contributed by atoms with Gasteiger partial charge in [-0.15, -0.1) is 0 Å². The maximum atomic E-state index is 12.7. The van der Waals surface area contributed by atoms with Crippen LogP contribution in [-0.2, 0) is 16.1 Å². The Hall–Kier alpha value is -2.08. The number of carbonyl (C=O) groups excluding carboxylic acids is 2. The van der Waals surface area contributed by atoms with Gasteiger partial charge >= 0.3 is 5.97 Å². The smallest absolute Gasteiger partial charge is 0.337 e. The molecule has 0 radical (unpaired) electrons. The van der Waals surface area contributed by atoms with Gasteiger partial charge in [-0.3, -0.25) is 9.69 Å². The van der Waals surface area contributed by atoms with Crippen molar-refractivity contribution in [2.75, 3.05) is 25.5 Å². The van der Waals surface area contributed by atoms with E-state index in [0.29, 0.717) is 34.4 Å². The lowest BCUT2D eigenvalue weighted by molar-refractivity contribution is -0.121. The molecular formula is C21H22Cl2N2O3. The van der Waals surface area contributed by atoms with Gasteiger partial charge in [0.05, 0.1) is 18.6 Å². The average molecular weight is 421 g/mol. The number of methoxy groups -OCH3 is 1. The summed E-state index contributed by atoms with van der Waals surface area (Å²) >= 11 is 12.6. The van der Waals surface area contributed by atoms with Gasteiger partial charge in [-0.25, -0.2) is 4.79 Å². The number of amides is 1. The van der Waals surface area contributed by atoms with Crippen LogP contribution in [-0.4, -0.2) is 37.0 Å². The Labute approximate surface area is 174 Å². The lowest BCUT2D eigenvalue weighted by Gasteiger charge is -2.32. The molecule has 2 aromatic rings. The highest BCUT2D eigenvalue weighted by Gasteiger charge is 2.26. The fourth-order valence-corrected chi connectivity index (χ4v) is 3.92. The van der Waals surface area contributed by atoms with Gasteiger partial charge < -0.3 is 10.1 Å². The predicted molar refractivity (Wildman–Crippen MR) is 111 cm³/mol. The van der Waals surface area contributed by atoms with Crippen molar-refractivity contribution in [3.8, 4) is 0 Å². The Balaban J connectivity index is 1.64. The van der Waals surface area contributed by atoms with E-state index in [4.69, 9.17) is 27.9 Å². The first-order valence-electron chi connectivity index (χ1n) is 9.12. The van der Waals surface area contributed by atoms with Gasteiger partial charge in [0.15, 0.2) is 0 Å². The SMILES string of the molecule is COC(=O)c1cccc(NC(=O)C2CCCN(Cc3c(Cl)cccc3Cl)C2)c1. The number of likely N-dealkylation sites (tertiary alicyclic amines) is 1. The van der Waals surface area contributed by atoms with E-state index in [1.165, 1.54) is 7.11 Å². The van der Waals surface area contributed by atoms with E-state index in [2.05, 4.69) is 10.2 Å². The number of nitrogens with one attached hydrogen (secondary N) is 1. The maximum absolute atomic E-state index is 12.7. The Morgan fingerprint density at radius 1 is 1.18 bits per heavy atom. The van der Waals surface area contributed by atoms with Crippen LogP contribution in [0.1, 0.15) is 28.8 Å². The summed E-state index contributed by atoms with van der Waals surface area (Å²) in [7, 11) is 1.33. The first kappa shape index (κ1) is 20.6. The fraction of sp³-hybridized carbons (Fsp3) is 0.333. The van der Waals surface area contributed by atoms with Crippen LogP contribution in [0.4, 0.5) is 5.69 Å². The zero-order chi connectivity index (χ0) is 20.1. The average Bonchev–Trinajstić information content (AvgIpc) is 2.70. The number of hydrogen-bond acceptors (Lipinski definition) is 4. The molecule has 148 valence electrons. The number of hydrogen-bond donors (Lipinski definition) is 1. The van der Waals surface area contributed by atoms with Crippen molar-refractivity contribution in [2.24, 2.45) is 5.92 Å². The second-order valence-corrected chi connectivity index (χ2v) is 7.65. The van der Waals surface area contributed by atoms with E-state index in [0.717, 1.165) is 24.9 Å². The molecule has 1 fully saturated rings. The van der Waals surface area contributed by atoms with Crippen LogP contribution in [0.3, 0.4) is 0 Å². The van der Waals surface area contributed by atoms with Gasteiger partial charge in [-0.2, -0.15) is 0 Å². The summed E-state index contributed by atoms with van der Waals surface area (Å²) in [5.41, 5.74) is 1.87. The monoisotopic (exact) mass is 420 g/mol. The van der Waals surface area contributed by atoms with E-state index >= 15 is 0 Å². The summed E-state index contributed by atoms with van der Waals surface area (Å²) in [5.74, 6) is -0.634. The maximum Gasteiger partial charge on any atom is 0.337 e. The molecule has 28 heavy (non-hydrogen) atoms. The minimum absolute atomic E-state index is 0.0584. The molecule has 1 N–H and O–H groups in total. The topological polar surface area (TPSA) is 58.6 Å². The van der Waals surface area contributed by atoms with Crippen molar-refractivity contribution in [1.29, 1.82) is 0 Å². The highest BCUT2D eigenvalue weighted by molar-refractivity contribution is 6.35. The van der Waals surface area contributed by atoms with Gasteiger partial charge in [-0.05, 0) is 49.7 Å². The van der Waals surface area contributed by atoms with Crippen molar-refractivity contribution < 1.29 is 14.3 Å². The number of benzene rings is 2.